The molecule has 1 N–H and O–H groups in total. The van der Waals surface area contributed by atoms with E-state index >= 15 is 0 Å². The number of hydrogen-bond acceptors (Lipinski definition) is 8. The first-order chi connectivity index (χ1) is 11.3. The molecule has 0 unspecified atom stereocenters. The number of nitrogens with zero attached hydrogens (tertiary/aromatic N) is 3. The number of benzene rings is 2. The molecule has 2 rings (SSSR count). The van der Waals surface area contributed by atoms with Gasteiger partial charge in [0, 0.05) is 7.05 Å². The highest BCUT2D eigenvalue weighted by molar-refractivity contribution is 5.68. The number of nitrogens with one attached hydrogen (secondary N) is 1. The fourth-order valence-electron chi connectivity index (χ4n) is 1.94. The van der Waals surface area contributed by atoms with Crippen LogP contribution in [0.25, 0.3) is 0 Å². The highest BCUT2D eigenvalue weighted by Gasteiger charge is 2.33. The average molecular weight is 334 g/mol. The normalized spacial score (nSPS) is 10.0. The van der Waals surface area contributed by atoms with Gasteiger partial charge < -0.3 is 10.1 Å². The first kappa shape index (κ1) is 16.6. The van der Waals surface area contributed by atoms with E-state index in [1.807, 2.05) is 0 Å². The monoisotopic (exact) mass is 334 g/mol. The maximum absolute atomic E-state index is 11.2. The molecule has 0 aliphatic rings. The van der Waals surface area contributed by atoms with Gasteiger partial charge in [-0.05, 0) is 12.1 Å². The zero-order chi connectivity index (χ0) is 17.9. The summed E-state index contributed by atoms with van der Waals surface area (Å²) in [4.78, 5) is 30.3. The fraction of sp³-hybridized carbons (Fsp3) is 0.0769. The van der Waals surface area contributed by atoms with Crippen LogP contribution in [0.15, 0.2) is 36.4 Å². The van der Waals surface area contributed by atoms with Gasteiger partial charge in [0.15, 0.2) is 5.75 Å². The van der Waals surface area contributed by atoms with Crippen LogP contribution in [-0.2, 0) is 0 Å². The van der Waals surface area contributed by atoms with Gasteiger partial charge in [0.1, 0.15) is 0 Å². The predicted octanol–water partition coefficient (Wildman–Crippen LogP) is 3.25. The standard InChI is InChI=1S/C13H10N4O7/c1-14-9-4-2-3-5-12(9)24-13-10(16(20)21)6-8(15(18)19)7-11(13)17(22)23/h2-7,14H,1H3. The van der Waals surface area contributed by atoms with Crippen molar-refractivity contribution in [3.8, 4) is 11.5 Å². The minimum Gasteiger partial charge on any atom is -0.442 e. The predicted molar refractivity (Wildman–Crippen MR) is 82.5 cm³/mol. The lowest BCUT2D eigenvalue weighted by atomic mass is 10.2. The molecule has 2 aromatic rings. The summed E-state index contributed by atoms with van der Waals surface area (Å²) in [6, 6.07) is 7.50. The molecule has 0 radical (unpaired) electrons. The molecule has 0 bridgehead atoms. The van der Waals surface area contributed by atoms with Gasteiger partial charge in [-0.1, -0.05) is 12.1 Å². The van der Waals surface area contributed by atoms with Gasteiger partial charge in [-0.3, -0.25) is 30.3 Å². The second-order valence-corrected chi connectivity index (χ2v) is 4.43. The minimum absolute atomic E-state index is 0.0973. The Hall–Kier alpha value is -3.76. The molecule has 2 aromatic carbocycles. The summed E-state index contributed by atoms with van der Waals surface area (Å²) in [7, 11) is 1.57. The second-order valence-electron chi connectivity index (χ2n) is 4.43. The molecule has 124 valence electrons. The Morgan fingerprint density at radius 1 is 0.917 bits per heavy atom. The highest BCUT2D eigenvalue weighted by Crippen LogP contribution is 2.44. The molecule has 0 atom stereocenters. The SMILES string of the molecule is CNc1ccccc1Oc1c([N+](=O)[O-])cc([N+](=O)[O-])cc1[N+](=O)[O-]. The van der Waals surface area contributed by atoms with Crippen molar-refractivity contribution in [3.63, 3.8) is 0 Å². The lowest BCUT2D eigenvalue weighted by Gasteiger charge is -2.10. The Morgan fingerprint density at radius 3 is 1.92 bits per heavy atom. The van der Waals surface area contributed by atoms with Crippen molar-refractivity contribution in [1.82, 2.24) is 0 Å². The van der Waals surface area contributed by atoms with Crippen LogP contribution in [-0.4, -0.2) is 21.8 Å². The number of nitro groups is 3. The number of non-ortho nitro benzene ring substituents is 1. The first-order valence-corrected chi connectivity index (χ1v) is 6.41. The molecular formula is C13H10N4O7. The van der Waals surface area contributed by atoms with Crippen LogP contribution in [0, 0.1) is 30.3 Å². The van der Waals surface area contributed by atoms with Crippen molar-refractivity contribution in [2.45, 2.75) is 0 Å². The third kappa shape index (κ3) is 3.19. The van der Waals surface area contributed by atoms with Crippen molar-refractivity contribution in [2.75, 3.05) is 12.4 Å². The van der Waals surface area contributed by atoms with E-state index in [0.717, 1.165) is 0 Å². The lowest BCUT2D eigenvalue weighted by molar-refractivity contribution is -0.404. The van der Waals surface area contributed by atoms with Gasteiger partial charge >= 0.3 is 11.4 Å². The van der Waals surface area contributed by atoms with Gasteiger partial charge in [-0.25, -0.2) is 0 Å². The van der Waals surface area contributed by atoms with Crippen LogP contribution in [0.2, 0.25) is 0 Å². The molecular weight excluding hydrogens is 324 g/mol. The van der Waals surface area contributed by atoms with Gasteiger partial charge in [0.05, 0.1) is 32.6 Å². The van der Waals surface area contributed by atoms with Crippen molar-refractivity contribution < 1.29 is 19.5 Å². The number of para-hydroxylation sites is 2. The summed E-state index contributed by atoms with van der Waals surface area (Å²) in [6.07, 6.45) is 0. The van der Waals surface area contributed by atoms with E-state index in [1.54, 1.807) is 25.2 Å². The Morgan fingerprint density at radius 2 is 1.46 bits per heavy atom. The third-order valence-corrected chi connectivity index (χ3v) is 3.01. The topological polar surface area (TPSA) is 151 Å². The molecule has 0 aliphatic carbocycles. The number of anilines is 1. The molecule has 0 fully saturated rings. The molecule has 0 aliphatic heterocycles. The molecule has 0 aromatic heterocycles. The molecule has 0 amide bonds. The van der Waals surface area contributed by atoms with E-state index in [0.29, 0.717) is 17.8 Å². The van der Waals surface area contributed by atoms with Crippen LogP contribution >= 0.6 is 0 Å². The number of hydrogen-bond donors (Lipinski definition) is 1. The smallest absolute Gasteiger partial charge is 0.325 e. The van der Waals surface area contributed by atoms with Crippen LogP contribution in [0.3, 0.4) is 0 Å². The molecule has 0 heterocycles. The van der Waals surface area contributed by atoms with Gasteiger partial charge in [0.2, 0.25) is 0 Å². The summed E-state index contributed by atoms with van der Waals surface area (Å²) >= 11 is 0. The van der Waals surface area contributed by atoms with Crippen molar-refractivity contribution >= 4 is 22.7 Å². The highest BCUT2D eigenvalue weighted by atomic mass is 16.6. The number of ether oxygens (including phenoxy) is 1. The van der Waals surface area contributed by atoms with Crippen molar-refractivity contribution in [2.24, 2.45) is 0 Å². The largest absolute Gasteiger partial charge is 0.442 e. The fourth-order valence-corrected chi connectivity index (χ4v) is 1.94. The van der Waals surface area contributed by atoms with Gasteiger partial charge in [-0.15, -0.1) is 0 Å². The van der Waals surface area contributed by atoms with Gasteiger partial charge in [0.25, 0.3) is 11.4 Å². The molecule has 11 heteroatoms. The summed E-state index contributed by atoms with van der Waals surface area (Å²) < 4.78 is 5.35. The molecule has 0 saturated heterocycles. The van der Waals surface area contributed by atoms with Gasteiger partial charge in [-0.2, -0.15) is 0 Å². The molecule has 24 heavy (non-hydrogen) atoms. The van der Waals surface area contributed by atoms with E-state index < -0.39 is 37.6 Å². The summed E-state index contributed by atoms with van der Waals surface area (Å²) in [6.45, 7) is 0. The van der Waals surface area contributed by atoms with E-state index in [1.165, 1.54) is 6.07 Å². The molecule has 0 spiro atoms. The maximum atomic E-state index is 11.2. The Bertz CT molecular complexity index is 802. The summed E-state index contributed by atoms with van der Waals surface area (Å²) in [5, 5.41) is 36.0. The Labute approximate surface area is 133 Å². The Balaban J connectivity index is 2.69. The zero-order valence-electron chi connectivity index (χ0n) is 12.2. The number of nitro benzene ring substituents is 3. The van der Waals surface area contributed by atoms with Crippen molar-refractivity contribution in [1.29, 1.82) is 0 Å². The van der Waals surface area contributed by atoms with Crippen LogP contribution in [0.5, 0.6) is 11.5 Å². The van der Waals surface area contributed by atoms with E-state index in [4.69, 9.17) is 4.74 Å². The first-order valence-electron chi connectivity index (χ1n) is 6.41. The van der Waals surface area contributed by atoms with Crippen LogP contribution < -0.4 is 10.1 Å². The second kappa shape index (κ2) is 6.56. The van der Waals surface area contributed by atoms with Crippen LogP contribution in [0.4, 0.5) is 22.7 Å². The maximum Gasteiger partial charge on any atom is 0.325 e. The lowest BCUT2D eigenvalue weighted by Crippen LogP contribution is -2.02. The van der Waals surface area contributed by atoms with Crippen LogP contribution in [0.1, 0.15) is 0 Å². The van der Waals surface area contributed by atoms with E-state index in [-0.39, 0.29) is 5.75 Å². The quantitative estimate of drug-likeness (QED) is 0.624. The molecule has 0 saturated carbocycles. The average Bonchev–Trinajstić information content (AvgIpc) is 2.54. The van der Waals surface area contributed by atoms with E-state index in [9.17, 15) is 30.3 Å². The number of rotatable bonds is 6. The zero-order valence-corrected chi connectivity index (χ0v) is 12.2. The molecule has 11 nitrogen and oxygen atoms in total. The van der Waals surface area contributed by atoms with Crippen molar-refractivity contribution in [3.05, 3.63) is 66.7 Å². The minimum atomic E-state index is -0.975. The summed E-state index contributed by atoms with van der Waals surface area (Å²) in [5.41, 5.74) is -2.09. The third-order valence-electron chi connectivity index (χ3n) is 3.01. The Kier molecular flexibility index (Phi) is 4.54. The summed E-state index contributed by atoms with van der Waals surface area (Å²) in [5.74, 6) is -0.585. The van der Waals surface area contributed by atoms with E-state index in [2.05, 4.69) is 5.32 Å².